The van der Waals surface area contributed by atoms with Gasteiger partial charge in [0.2, 0.25) is 5.88 Å². The molecule has 1 rings (SSSR count). The quantitative estimate of drug-likeness (QED) is 0.720. The first-order valence-corrected chi connectivity index (χ1v) is 4.56. The zero-order chi connectivity index (χ0) is 11.4. The Morgan fingerprint density at radius 1 is 1.56 bits per heavy atom. The molecule has 0 saturated carbocycles. The van der Waals surface area contributed by atoms with Crippen molar-refractivity contribution in [3.8, 4) is 11.9 Å². The third kappa shape index (κ3) is 3.42. The van der Waals surface area contributed by atoms with E-state index >= 15 is 0 Å². The Morgan fingerprint density at radius 3 is 2.69 bits per heavy atom. The summed E-state index contributed by atoms with van der Waals surface area (Å²) < 4.78 is 1.09. The van der Waals surface area contributed by atoms with E-state index in [9.17, 15) is 9.90 Å². The van der Waals surface area contributed by atoms with Crippen LogP contribution in [0.1, 0.15) is 17.5 Å². The van der Waals surface area contributed by atoms with Crippen molar-refractivity contribution >= 4 is 51.4 Å². The molecular formula is C10H12KN2O3. The molecule has 0 aliphatic carbocycles. The minimum absolute atomic E-state index is 0. The van der Waals surface area contributed by atoms with Crippen LogP contribution in [0, 0.1) is 18.3 Å². The first kappa shape index (κ1) is 15.8. The second kappa shape index (κ2) is 7.22. The van der Waals surface area contributed by atoms with Gasteiger partial charge in [-0.25, -0.2) is 0 Å². The average molecular weight is 247 g/mol. The smallest absolute Gasteiger partial charge is 0.253 e. The van der Waals surface area contributed by atoms with Crippen LogP contribution in [0.2, 0.25) is 0 Å². The molecule has 2 N–H and O–H groups in total. The summed E-state index contributed by atoms with van der Waals surface area (Å²) >= 11 is 0. The van der Waals surface area contributed by atoms with Crippen LogP contribution in [-0.2, 0) is 6.54 Å². The van der Waals surface area contributed by atoms with E-state index in [4.69, 9.17) is 10.4 Å². The number of aryl methyl sites for hydroxylation is 1. The number of aliphatic hydroxyl groups is 1. The number of pyridine rings is 1. The zero-order valence-electron chi connectivity index (χ0n) is 9.40. The van der Waals surface area contributed by atoms with Gasteiger partial charge < -0.3 is 10.2 Å². The van der Waals surface area contributed by atoms with Crippen molar-refractivity contribution in [3.63, 3.8) is 0 Å². The van der Waals surface area contributed by atoms with Crippen LogP contribution in [0.3, 0.4) is 0 Å². The van der Waals surface area contributed by atoms with Crippen LogP contribution in [0.4, 0.5) is 0 Å². The summed E-state index contributed by atoms with van der Waals surface area (Å²) in [5, 5.41) is 27.0. The topological polar surface area (TPSA) is 86.2 Å². The maximum absolute atomic E-state index is 11.4. The number of nitrogens with zero attached hydrogens (tertiary/aromatic N) is 2. The Labute approximate surface area is 136 Å². The fourth-order valence-electron chi connectivity index (χ4n) is 1.33. The predicted molar refractivity (Wildman–Crippen MR) is 59.3 cm³/mol. The molecule has 0 aromatic carbocycles. The molecule has 6 heteroatoms. The third-order valence-corrected chi connectivity index (χ3v) is 2.13. The normalized spacial score (nSPS) is 9.31. The molecule has 5 nitrogen and oxygen atoms in total. The summed E-state index contributed by atoms with van der Waals surface area (Å²) in [6, 6.07) is 3.14. The fraction of sp³-hybridized carbons (Fsp3) is 0.400. The Balaban J connectivity index is 0.00000225. The molecule has 0 unspecified atom stereocenters. The van der Waals surface area contributed by atoms with Gasteiger partial charge in [-0.15, -0.1) is 0 Å². The molecule has 0 saturated heterocycles. The molecule has 1 heterocycles. The average Bonchev–Trinajstić information content (AvgIpc) is 2.17. The monoisotopic (exact) mass is 247 g/mol. The maximum Gasteiger partial charge on any atom is 0.253 e. The fourth-order valence-corrected chi connectivity index (χ4v) is 1.33. The molecule has 0 atom stereocenters. The van der Waals surface area contributed by atoms with Gasteiger partial charge in [0.25, 0.3) is 5.56 Å². The number of hydrogen-bond donors (Lipinski definition) is 2. The summed E-state index contributed by atoms with van der Waals surface area (Å²) in [6.07, 6.45) is 0.362. The largest absolute Gasteiger partial charge is 0.493 e. The van der Waals surface area contributed by atoms with Gasteiger partial charge in [0, 0.05) is 70.6 Å². The van der Waals surface area contributed by atoms with Crippen LogP contribution in [0.5, 0.6) is 5.88 Å². The van der Waals surface area contributed by atoms with Gasteiger partial charge in [0.15, 0.2) is 0 Å². The number of nitriles is 1. The van der Waals surface area contributed by atoms with Crippen LogP contribution in [-0.4, -0.2) is 72.8 Å². The number of hydrogen-bond acceptors (Lipinski definition) is 4. The van der Waals surface area contributed by atoms with Gasteiger partial charge in [0.05, 0.1) is 0 Å². The van der Waals surface area contributed by atoms with Crippen molar-refractivity contribution in [1.82, 2.24) is 4.57 Å². The summed E-state index contributed by atoms with van der Waals surface area (Å²) in [5.74, 6) is -0.323. The molecule has 0 amide bonds. The van der Waals surface area contributed by atoms with Crippen LogP contribution < -0.4 is 5.56 Å². The standard InChI is InChI=1S/C10H12N2O3.K/c1-7-5-9(14)12(3-2-4-13)10(15)8(7)6-11;/h5,13,15H,2-4H2,1H3;. The zero-order valence-corrected chi connectivity index (χ0v) is 12.5. The van der Waals surface area contributed by atoms with E-state index in [-0.39, 0.29) is 81.5 Å². The van der Waals surface area contributed by atoms with E-state index in [1.54, 1.807) is 6.92 Å². The first-order chi connectivity index (χ1) is 7.11. The molecule has 81 valence electrons. The summed E-state index contributed by atoms with van der Waals surface area (Å²) in [4.78, 5) is 11.4. The van der Waals surface area contributed by atoms with Gasteiger partial charge in [-0.3, -0.25) is 9.36 Å². The SMILES string of the molecule is Cc1cc(=O)n(CCCO)c(O)c1C#N.[K]. The van der Waals surface area contributed by atoms with Crippen molar-refractivity contribution < 1.29 is 10.2 Å². The second-order valence-corrected chi connectivity index (χ2v) is 3.20. The maximum atomic E-state index is 11.4. The molecule has 0 aliphatic rings. The minimum Gasteiger partial charge on any atom is -0.493 e. The van der Waals surface area contributed by atoms with Crippen LogP contribution in [0.15, 0.2) is 10.9 Å². The van der Waals surface area contributed by atoms with E-state index in [1.165, 1.54) is 6.07 Å². The first-order valence-electron chi connectivity index (χ1n) is 4.56. The predicted octanol–water partition coefficient (Wildman–Crippen LogP) is -0.264. The van der Waals surface area contributed by atoms with Crippen LogP contribution >= 0.6 is 0 Å². The van der Waals surface area contributed by atoms with Crippen molar-refractivity contribution in [1.29, 1.82) is 5.26 Å². The Hall–Kier alpha value is -0.164. The van der Waals surface area contributed by atoms with E-state index in [0.717, 1.165) is 4.57 Å². The van der Waals surface area contributed by atoms with E-state index in [2.05, 4.69) is 0 Å². The minimum atomic E-state index is -0.363. The van der Waals surface area contributed by atoms with E-state index < -0.39 is 0 Å². The van der Waals surface area contributed by atoms with Crippen molar-refractivity contribution in [3.05, 3.63) is 27.5 Å². The molecule has 0 fully saturated rings. The summed E-state index contributed by atoms with van der Waals surface area (Å²) in [7, 11) is 0. The molecule has 0 spiro atoms. The molecule has 0 bridgehead atoms. The van der Waals surface area contributed by atoms with Gasteiger partial charge in [-0.1, -0.05) is 0 Å². The molecule has 1 aromatic heterocycles. The van der Waals surface area contributed by atoms with Gasteiger partial charge in [0.1, 0.15) is 11.6 Å². The van der Waals surface area contributed by atoms with Gasteiger partial charge >= 0.3 is 0 Å². The molecular weight excluding hydrogens is 235 g/mol. The van der Waals surface area contributed by atoms with Gasteiger partial charge in [-0.05, 0) is 18.9 Å². The molecule has 0 aliphatic heterocycles. The Morgan fingerprint density at radius 2 is 2.19 bits per heavy atom. The number of aromatic hydroxyl groups is 1. The van der Waals surface area contributed by atoms with Crippen molar-refractivity contribution in [2.75, 3.05) is 6.61 Å². The van der Waals surface area contributed by atoms with Crippen LogP contribution in [0.25, 0.3) is 0 Å². The van der Waals surface area contributed by atoms with Gasteiger partial charge in [-0.2, -0.15) is 5.26 Å². The number of aromatic nitrogens is 1. The number of rotatable bonds is 3. The number of aliphatic hydroxyl groups excluding tert-OH is 1. The summed E-state index contributed by atoms with van der Waals surface area (Å²) in [6.45, 7) is 1.73. The third-order valence-electron chi connectivity index (χ3n) is 2.13. The van der Waals surface area contributed by atoms with Crippen molar-refractivity contribution in [2.45, 2.75) is 19.9 Å². The Kier molecular flexibility index (Phi) is 7.14. The van der Waals surface area contributed by atoms with E-state index in [0.29, 0.717) is 12.0 Å². The molecule has 16 heavy (non-hydrogen) atoms. The molecule has 1 aromatic rings. The molecule has 1 radical (unpaired) electrons. The van der Waals surface area contributed by atoms with E-state index in [1.807, 2.05) is 6.07 Å². The van der Waals surface area contributed by atoms with Crippen molar-refractivity contribution in [2.24, 2.45) is 0 Å². The Bertz CT molecular complexity index is 462. The second-order valence-electron chi connectivity index (χ2n) is 3.20. The summed E-state index contributed by atoms with van der Waals surface area (Å²) in [5.41, 5.74) is 0.199.